The Kier molecular flexibility index (Phi) is 2.91. The molecule has 3 N–H and O–H groups in total. The molecule has 0 saturated carbocycles. The molecule has 2 nitrogen and oxygen atoms in total. The van der Waals surface area contributed by atoms with Gasteiger partial charge in [-0.25, -0.2) is 0 Å². The molecule has 2 heteroatoms. The summed E-state index contributed by atoms with van der Waals surface area (Å²) in [6.07, 6.45) is 2.57. The van der Waals surface area contributed by atoms with Crippen LogP contribution in [0.3, 0.4) is 0 Å². The van der Waals surface area contributed by atoms with E-state index in [0.717, 1.165) is 12.8 Å². The molecule has 5 rings (SSSR count). The quantitative estimate of drug-likeness (QED) is 0.907. The number of aliphatic hydroxyl groups excluding tert-OH is 1. The lowest BCUT2D eigenvalue weighted by Crippen LogP contribution is -2.43. The van der Waals surface area contributed by atoms with Gasteiger partial charge in [-0.1, -0.05) is 48.5 Å². The predicted molar refractivity (Wildman–Crippen MR) is 84.4 cm³/mol. The van der Waals surface area contributed by atoms with Crippen molar-refractivity contribution in [3.63, 3.8) is 0 Å². The van der Waals surface area contributed by atoms with Crippen LogP contribution in [0.15, 0.2) is 48.5 Å². The largest absolute Gasteiger partial charge is 0.392 e. The molecule has 0 aliphatic heterocycles. The molecule has 0 spiro atoms. The second-order valence-corrected chi connectivity index (χ2v) is 6.44. The molecule has 2 aromatic carbocycles. The highest BCUT2D eigenvalue weighted by Gasteiger charge is 2.48. The number of rotatable bonds is 3. The van der Waals surface area contributed by atoms with Crippen molar-refractivity contribution in [2.45, 2.75) is 36.7 Å². The van der Waals surface area contributed by atoms with Crippen LogP contribution in [0.25, 0.3) is 0 Å². The fraction of sp³-hybridized carbons (Fsp3) is 0.368. The molecular weight excluding hydrogens is 258 g/mol. The Balaban J connectivity index is 1.96. The van der Waals surface area contributed by atoms with E-state index in [1.54, 1.807) is 0 Å². The highest BCUT2D eigenvalue weighted by atomic mass is 16.3. The molecule has 0 aromatic heterocycles. The summed E-state index contributed by atoms with van der Waals surface area (Å²) in [5, 5.41) is 10.2. The first-order valence-electron chi connectivity index (χ1n) is 7.83. The maximum absolute atomic E-state index is 10.2. The van der Waals surface area contributed by atoms with Crippen LogP contribution >= 0.6 is 0 Å². The van der Waals surface area contributed by atoms with Gasteiger partial charge in [0.1, 0.15) is 0 Å². The van der Waals surface area contributed by atoms with Gasteiger partial charge in [0.2, 0.25) is 0 Å². The van der Waals surface area contributed by atoms with Crippen LogP contribution in [-0.2, 0) is 5.41 Å². The summed E-state index contributed by atoms with van der Waals surface area (Å²) >= 11 is 0. The molecule has 3 aliphatic carbocycles. The Morgan fingerprint density at radius 1 is 1.05 bits per heavy atom. The van der Waals surface area contributed by atoms with Gasteiger partial charge in [0.15, 0.2) is 0 Å². The lowest BCUT2D eigenvalue weighted by atomic mass is 9.53. The number of aliphatic hydroxyl groups is 1. The molecule has 0 radical (unpaired) electrons. The van der Waals surface area contributed by atoms with Crippen LogP contribution in [0.4, 0.5) is 0 Å². The van der Waals surface area contributed by atoms with Gasteiger partial charge in [0.25, 0.3) is 0 Å². The third-order valence-corrected chi connectivity index (χ3v) is 5.42. The van der Waals surface area contributed by atoms with E-state index in [0.29, 0.717) is 12.5 Å². The third kappa shape index (κ3) is 1.73. The number of fused-ring (bicyclic) bond motifs is 1. The smallest absolute Gasteiger partial charge is 0.0674 e. The van der Waals surface area contributed by atoms with Crippen LogP contribution in [0, 0.1) is 0 Å². The van der Waals surface area contributed by atoms with Gasteiger partial charge in [-0.3, -0.25) is 0 Å². The summed E-state index contributed by atoms with van der Waals surface area (Å²) in [4.78, 5) is 0. The third-order valence-electron chi connectivity index (χ3n) is 5.42. The van der Waals surface area contributed by atoms with Gasteiger partial charge < -0.3 is 10.8 Å². The fourth-order valence-electron chi connectivity index (χ4n) is 4.56. The standard InChI is InChI=1S/C19H21NO/c20-12-13(21)11-19-10-9-14(15-5-1-3-7-17(15)19)16-6-2-4-8-18(16)19/h1-8,13-14,21H,9-12,20H2. The number of benzene rings is 2. The summed E-state index contributed by atoms with van der Waals surface area (Å²) in [6, 6.07) is 17.5. The molecule has 1 unspecified atom stereocenters. The van der Waals surface area contributed by atoms with Crippen molar-refractivity contribution >= 4 is 0 Å². The zero-order chi connectivity index (χ0) is 14.4. The van der Waals surface area contributed by atoms with Crippen molar-refractivity contribution < 1.29 is 5.11 Å². The average molecular weight is 279 g/mol. The minimum atomic E-state index is -0.444. The van der Waals surface area contributed by atoms with Crippen LogP contribution in [0.5, 0.6) is 0 Å². The second-order valence-electron chi connectivity index (χ2n) is 6.44. The molecule has 0 amide bonds. The van der Waals surface area contributed by atoms with Crippen molar-refractivity contribution in [3.05, 3.63) is 70.8 Å². The van der Waals surface area contributed by atoms with Crippen molar-refractivity contribution in [2.24, 2.45) is 5.73 Å². The van der Waals surface area contributed by atoms with E-state index in [1.165, 1.54) is 28.7 Å². The molecule has 1 atom stereocenters. The molecular formula is C19H21NO. The first-order valence-corrected chi connectivity index (χ1v) is 7.83. The Morgan fingerprint density at radius 2 is 1.62 bits per heavy atom. The average Bonchev–Trinajstić information content (AvgIpc) is 2.55. The van der Waals surface area contributed by atoms with Crippen LogP contribution in [-0.4, -0.2) is 17.8 Å². The van der Waals surface area contributed by atoms with Gasteiger partial charge in [0, 0.05) is 17.9 Å². The van der Waals surface area contributed by atoms with E-state index in [1.807, 2.05) is 0 Å². The van der Waals surface area contributed by atoms with Crippen molar-refractivity contribution in [1.82, 2.24) is 0 Å². The van der Waals surface area contributed by atoms with Gasteiger partial charge in [0.05, 0.1) is 6.10 Å². The molecule has 2 bridgehead atoms. The predicted octanol–water partition coefficient (Wildman–Crippen LogP) is 2.92. The molecule has 2 aromatic rings. The van der Waals surface area contributed by atoms with Crippen LogP contribution in [0.1, 0.15) is 47.4 Å². The summed E-state index contributed by atoms with van der Waals surface area (Å²) in [5.41, 5.74) is 11.4. The monoisotopic (exact) mass is 279 g/mol. The maximum Gasteiger partial charge on any atom is 0.0674 e. The molecule has 0 saturated heterocycles. The Labute approximate surface area is 125 Å². The van der Waals surface area contributed by atoms with E-state index < -0.39 is 6.10 Å². The zero-order valence-corrected chi connectivity index (χ0v) is 12.1. The van der Waals surface area contributed by atoms with E-state index in [4.69, 9.17) is 5.73 Å². The minimum absolute atomic E-state index is 0.0548. The van der Waals surface area contributed by atoms with Crippen molar-refractivity contribution in [2.75, 3.05) is 6.54 Å². The van der Waals surface area contributed by atoms with E-state index in [9.17, 15) is 5.11 Å². The maximum atomic E-state index is 10.2. The highest BCUT2D eigenvalue weighted by Crippen LogP contribution is 2.57. The minimum Gasteiger partial charge on any atom is -0.392 e. The molecule has 108 valence electrons. The Hall–Kier alpha value is -1.64. The Morgan fingerprint density at radius 3 is 2.19 bits per heavy atom. The molecule has 0 fully saturated rings. The number of hydrogen-bond acceptors (Lipinski definition) is 2. The fourth-order valence-corrected chi connectivity index (χ4v) is 4.56. The number of hydrogen-bond donors (Lipinski definition) is 2. The van der Waals surface area contributed by atoms with Gasteiger partial charge >= 0.3 is 0 Å². The van der Waals surface area contributed by atoms with Gasteiger partial charge in [-0.05, 0) is 41.5 Å². The van der Waals surface area contributed by atoms with Gasteiger partial charge in [-0.2, -0.15) is 0 Å². The zero-order valence-electron chi connectivity index (χ0n) is 12.1. The van der Waals surface area contributed by atoms with E-state index in [2.05, 4.69) is 48.5 Å². The second kappa shape index (κ2) is 4.69. The first kappa shape index (κ1) is 13.1. The topological polar surface area (TPSA) is 46.2 Å². The van der Waals surface area contributed by atoms with Gasteiger partial charge in [-0.15, -0.1) is 0 Å². The summed E-state index contributed by atoms with van der Waals surface area (Å²) < 4.78 is 0. The summed E-state index contributed by atoms with van der Waals surface area (Å²) in [6.45, 7) is 0.329. The molecule has 3 aliphatic rings. The van der Waals surface area contributed by atoms with Crippen molar-refractivity contribution in [1.29, 1.82) is 0 Å². The van der Waals surface area contributed by atoms with Crippen LogP contribution in [0.2, 0.25) is 0 Å². The molecule has 0 heterocycles. The SMILES string of the molecule is NCC(O)CC12CCC(c3ccccc31)c1ccccc12. The van der Waals surface area contributed by atoms with Crippen molar-refractivity contribution in [3.8, 4) is 0 Å². The normalized spacial score (nSPS) is 27.0. The lowest BCUT2D eigenvalue weighted by molar-refractivity contribution is 0.136. The summed E-state index contributed by atoms with van der Waals surface area (Å²) in [5.74, 6) is 0.522. The van der Waals surface area contributed by atoms with E-state index >= 15 is 0 Å². The highest BCUT2D eigenvalue weighted by molar-refractivity contribution is 5.59. The lowest BCUT2D eigenvalue weighted by Gasteiger charge is -2.50. The first-order chi connectivity index (χ1) is 10.3. The molecule has 21 heavy (non-hydrogen) atoms. The van der Waals surface area contributed by atoms with E-state index in [-0.39, 0.29) is 5.41 Å². The number of nitrogens with two attached hydrogens (primary N) is 1. The Bertz CT molecular complexity index is 631. The van der Waals surface area contributed by atoms with Crippen LogP contribution < -0.4 is 5.73 Å². The summed E-state index contributed by atoms with van der Waals surface area (Å²) in [7, 11) is 0.